The topological polar surface area (TPSA) is 35.6 Å². The number of amides is 1. The van der Waals surface area contributed by atoms with Crippen molar-refractivity contribution in [2.24, 2.45) is 0 Å². The van der Waals surface area contributed by atoms with E-state index in [9.17, 15) is 4.79 Å². The monoisotopic (exact) mass is 393 g/mol. The fourth-order valence-electron chi connectivity index (χ4n) is 3.07. The van der Waals surface area contributed by atoms with Crippen LogP contribution in [-0.4, -0.2) is 38.5 Å². The number of hydrogen-bond donors (Lipinski definition) is 1. The van der Waals surface area contributed by atoms with Crippen molar-refractivity contribution < 1.29 is 4.79 Å². The molecule has 0 radical (unpaired) electrons. The Morgan fingerprint density at radius 1 is 0.964 bits per heavy atom. The van der Waals surface area contributed by atoms with Crippen LogP contribution in [0.2, 0.25) is 0 Å². The van der Waals surface area contributed by atoms with E-state index >= 15 is 0 Å². The van der Waals surface area contributed by atoms with E-state index in [4.69, 9.17) is 0 Å². The van der Waals surface area contributed by atoms with Gasteiger partial charge in [0.1, 0.15) is 0 Å². The zero-order valence-corrected chi connectivity index (χ0v) is 17.4. The summed E-state index contributed by atoms with van der Waals surface area (Å²) in [4.78, 5) is 17.7. The summed E-state index contributed by atoms with van der Waals surface area (Å²) < 4.78 is 0. The van der Waals surface area contributed by atoms with Crippen molar-refractivity contribution in [2.45, 2.75) is 12.6 Å². The number of rotatable bonds is 8. The molecule has 0 spiro atoms. The van der Waals surface area contributed by atoms with Crippen LogP contribution in [0.1, 0.15) is 22.0 Å². The molecule has 0 unspecified atom stereocenters. The van der Waals surface area contributed by atoms with Crippen LogP contribution in [0.15, 0.2) is 72.1 Å². The van der Waals surface area contributed by atoms with Crippen LogP contribution in [0.3, 0.4) is 0 Å². The van der Waals surface area contributed by atoms with Gasteiger partial charge in [-0.15, -0.1) is 11.3 Å². The predicted octanol–water partition coefficient (Wildman–Crippen LogP) is 4.15. The molecule has 1 N–H and O–H groups in total. The number of benzene rings is 2. The molecule has 0 aliphatic heterocycles. The van der Waals surface area contributed by atoms with Gasteiger partial charge in [0, 0.05) is 38.3 Å². The minimum absolute atomic E-state index is 0.0259. The molecule has 0 fully saturated rings. The molecule has 3 rings (SSSR count). The van der Waals surface area contributed by atoms with Crippen molar-refractivity contribution in [1.82, 2.24) is 10.2 Å². The lowest BCUT2D eigenvalue weighted by Crippen LogP contribution is -2.36. The summed E-state index contributed by atoms with van der Waals surface area (Å²) in [7, 11) is 5.90. The van der Waals surface area contributed by atoms with Gasteiger partial charge in [-0.1, -0.05) is 48.5 Å². The largest absolute Gasteiger partial charge is 0.378 e. The van der Waals surface area contributed by atoms with Crippen molar-refractivity contribution in [3.8, 4) is 0 Å². The molecule has 3 aromatic rings. The van der Waals surface area contributed by atoms with Gasteiger partial charge in [-0.2, -0.15) is 0 Å². The third-order valence-corrected chi connectivity index (χ3v) is 5.65. The van der Waals surface area contributed by atoms with Crippen LogP contribution in [0, 0.1) is 0 Å². The van der Waals surface area contributed by atoms with E-state index in [0.29, 0.717) is 13.1 Å². The first-order chi connectivity index (χ1) is 13.5. The van der Waals surface area contributed by atoms with E-state index in [1.54, 1.807) is 16.2 Å². The second-order valence-electron chi connectivity index (χ2n) is 7.05. The SMILES string of the molecule is CN(Cc1ccc(N(C)C)cc1)C(=O)CN[C@@H](c1ccccc1)c1cccs1. The Morgan fingerprint density at radius 2 is 1.68 bits per heavy atom. The van der Waals surface area contributed by atoms with Crippen LogP contribution < -0.4 is 10.2 Å². The molecule has 146 valence electrons. The van der Waals surface area contributed by atoms with Gasteiger partial charge in [-0.05, 0) is 34.7 Å². The van der Waals surface area contributed by atoms with Gasteiger partial charge in [-0.3, -0.25) is 10.1 Å². The summed E-state index contributed by atoms with van der Waals surface area (Å²) in [6, 6.07) is 22.7. The normalized spacial score (nSPS) is 11.8. The highest BCUT2D eigenvalue weighted by molar-refractivity contribution is 7.10. The van der Waals surface area contributed by atoms with Gasteiger partial charge in [0.25, 0.3) is 0 Å². The number of likely N-dealkylation sites (N-methyl/N-ethyl adjacent to an activating group) is 1. The lowest BCUT2D eigenvalue weighted by molar-refractivity contribution is -0.129. The Morgan fingerprint density at radius 3 is 2.29 bits per heavy atom. The number of nitrogens with one attached hydrogen (secondary N) is 1. The Balaban J connectivity index is 1.61. The van der Waals surface area contributed by atoms with E-state index in [0.717, 1.165) is 11.3 Å². The maximum atomic E-state index is 12.7. The Labute approximate surface area is 171 Å². The van der Waals surface area contributed by atoms with Crippen LogP contribution in [-0.2, 0) is 11.3 Å². The minimum Gasteiger partial charge on any atom is -0.378 e. The summed E-state index contributed by atoms with van der Waals surface area (Å²) in [6.07, 6.45) is 0. The van der Waals surface area contributed by atoms with Gasteiger partial charge in [0.2, 0.25) is 5.91 Å². The average Bonchev–Trinajstić information content (AvgIpc) is 3.23. The molecule has 4 nitrogen and oxygen atoms in total. The maximum Gasteiger partial charge on any atom is 0.236 e. The molecule has 1 amide bonds. The van der Waals surface area contributed by atoms with Gasteiger partial charge in [0.15, 0.2) is 0 Å². The lowest BCUT2D eigenvalue weighted by Gasteiger charge is -2.22. The molecule has 0 aliphatic rings. The van der Waals surface area contributed by atoms with E-state index in [2.05, 4.69) is 58.1 Å². The molecule has 28 heavy (non-hydrogen) atoms. The third kappa shape index (κ3) is 5.21. The van der Waals surface area contributed by atoms with Crippen LogP contribution in [0.25, 0.3) is 0 Å². The number of hydrogen-bond acceptors (Lipinski definition) is 4. The van der Waals surface area contributed by atoms with Crippen molar-refractivity contribution in [2.75, 3.05) is 32.6 Å². The van der Waals surface area contributed by atoms with Crippen molar-refractivity contribution in [3.63, 3.8) is 0 Å². The Hall–Kier alpha value is -2.63. The molecule has 0 saturated carbocycles. The summed E-state index contributed by atoms with van der Waals surface area (Å²) in [5.74, 6) is 0.0779. The Bertz CT molecular complexity index is 861. The number of anilines is 1. The number of thiophene rings is 1. The number of carbonyl (C=O) groups is 1. The third-order valence-electron chi connectivity index (χ3n) is 4.72. The van der Waals surface area contributed by atoms with Crippen LogP contribution in [0.5, 0.6) is 0 Å². The second-order valence-corrected chi connectivity index (χ2v) is 8.03. The van der Waals surface area contributed by atoms with Gasteiger partial charge >= 0.3 is 0 Å². The molecule has 5 heteroatoms. The van der Waals surface area contributed by atoms with Gasteiger partial charge < -0.3 is 9.80 Å². The highest BCUT2D eigenvalue weighted by atomic mass is 32.1. The van der Waals surface area contributed by atoms with E-state index in [1.165, 1.54) is 10.4 Å². The van der Waals surface area contributed by atoms with Crippen LogP contribution in [0.4, 0.5) is 5.69 Å². The highest BCUT2D eigenvalue weighted by Crippen LogP contribution is 2.25. The maximum absolute atomic E-state index is 12.7. The zero-order valence-electron chi connectivity index (χ0n) is 16.6. The lowest BCUT2D eigenvalue weighted by atomic mass is 10.1. The smallest absolute Gasteiger partial charge is 0.236 e. The second kappa shape index (κ2) is 9.53. The molecule has 1 heterocycles. The molecular weight excluding hydrogens is 366 g/mol. The standard InChI is InChI=1S/C23H27N3OS/c1-25(2)20-13-11-18(12-14-20)17-26(3)22(27)16-24-23(21-10-7-15-28-21)19-8-5-4-6-9-19/h4-15,23-24H,16-17H2,1-3H3/t23-/m0/s1. The first-order valence-corrected chi connectivity index (χ1v) is 10.2. The summed E-state index contributed by atoms with van der Waals surface area (Å²) >= 11 is 1.70. The fourth-order valence-corrected chi connectivity index (χ4v) is 3.90. The van der Waals surface area contributed by atoms with Crippen molar-refractivity contribution in [1.29, 1.82) is 0 Å². The van der Waals surface area contributed by atoms with Crippen molar-refractivity contribution >= 4 is 22.9 Å². The minimum atomic E-state index is 0.0259. The fraction of sp³-hybridized carbons (Fsp3) is 0.261. The Kier molecular flexibility index (Phi) is 6.85. The molecule has 2 aromatic carbocycles. The summed E-state index contributed by atoms with van der Waals surface area (Å²) in [6.45, 7) is 0.896. The first kappa shape index (κ1) is 20.1. The predicted molar refractivity (Wildman–Crippen MR) is 118 cm³/mol. The molecule has 1 aromatic heterocycles. The molecule has 1 atom stereocenters. The summed E-state index contributed by atoms with van der Waals surface area (Å²) in [5.41, 5.74) is 3.44. The number of carbonyl (C=O) groups excluding carboxylic acids is 1. The van der Waals surface area contributed by atoms with Gasteiger partial charge in [-0.25, -0.2) is 0 Å². The summed E-state index contributed by atoms with van der Waals surface area (Å²) in [5, 5.41) is 5.51. The van der Waals surface area contributed by atoms with E-state index in [-0.39, 0.29) is 11.9 Å². The number of nitrogens with zero attached hydrogens (tertiary/aromatic N) is 2. The van der Waals surface area contributed by atoms with Crippen molar-refractivity contribution in [3.05, 3.63) is 88.1 Å². The van der Waals surface area contributed by atoms with Crippen LogP contribution >= 0.6 is 11.3 Å². The molecule has 0 aliphatic carbocycles. The highest BCUT2D eigenvalue weighted by Gasteiger charge is 2.17. The quantitative estimate of drug-likeness (QED) is 0.624. The zero-order chi connectivity index (χ0) is 19.9. The van der Waals surface area contributed by atoms with E-state index < -0.39 is 0 Å². The van der Waals surface area contributed by atoms with Gasteiger partial charge in [0.05, 0.1) is 12.6 Å². The average molecular weight is 394 g/mol. The molecule has 0 saturated heterocycles. The first-order valence-electron chi connectivity index (χ1n) is 9.36. The molecule has 0 bridgehead atoms. The van der Waals surface area contributed by atoms with E-state index in [1.807, 2.05) is 45.4 Å². The molecular formula is C23H27N3OS.